The van der Waals surface area contributed by atoms with Gasteiger partial charge in [-0.25, -0.2) is 0 Å². The van der Waals surface area contributed by atoms with Crippen molar-refractivity contribution in [2.75, 3.05) is 18.5 Å². The summed E-state index contributed by atoms with van der Waals surface area (Å²) in [4.78, 5) is 2.02. The second kappa shape index (κ2) is 5.49. The van der Waals surface area contributed by atoms with E-state index in [1.807, 2.05) is 11.9 Å². The zero-order chi connectivity index (χ0) is 12.3. The van der Waals surface area contributed by atoms with Gasteiger partial charge in [-0.05, 0) is 25.2 Å². The van der Waals surface area contributed by atoms with Gasteiger partial charge in [0.15, 0.2) is 0 Å². The lowest BCUT2D eigenvalue weighted by Crippen LogP contribution is -2.20. The summed E-state index contributed by atoms with van der Waals surface area (Å²) in [6.07, 6.45) is 3.68. The van der Waals surface area contributed by atoms with Gasteiger partial charge in [0.2, 0.25) is 5.89 Å². The van der Waals surface area contributed by atoms with Crippen molar-refractivity contribution in [1.82, 2.24) is 15.5 Å². The van der Waals surface area contributed by atoms with Crippen molar-refractivity contribution < 1.29 is 4.42 Å². The van der Waals surface area contributed by atoms with E-state index in [2.05, 4.69) is 29.4 Å². The van der Waals surface area contributed by atoms with Gasteiger partial charge in [0.05, 0.1) is 6.54 Å². The maximum atomic E-state index is 5.60. The Morgan fingerprint density at radius 1 is 1.41 bits per heavy atom. The number of anilines is 1. The minimum absolute atomic E-state index is 0.623. The average molecular weight is 238 g/mol. The smallest absolute Gasteiger partial charge is 0.317 e. The van der Waals surface area contributed by atoms with Gasteiger partial charge in [-0.1, -0.05) is 18.9 Å². The predicted molar refractivity (Wildman–Crippen MR) is 66.9 cm³/mol. The van der Waals surface area contributed by atoms with E-state index in [1.165, 1.54) is 12.8 Å². The molecule has 1 saturated carbocycles. The van der Waals surface area contributed by atoms with E-state index >= 15 is 0 Å². The van der Waals surface area contributed by atoms with Crippen LogP contribution in [0.2, 0.25) is 0 Å². The molecule has 96 valence electrons. The minimum Gasteiger partial charge on any atom is -0.407 e. The van der Waals surface area contributed by atoms with Crippen molar-refractivity contribution in [3.63, 3.8) is 0 Å². The Morgan fingerprint density at radius 2 is 2.18 bits per heavy atom. The second-order valence-corrected chi connectivity index (χ2v) is 5.24. The largest absolute Gasteiger partial charge is 0.407 e. The van der Waals surface area contributed by atoms with Gasteiger partial charge in [-0.2, -0.15) is 0 Å². The molecule has 1 N–H and O–H groups in total. The Labute approximate surface area is 103 Å². The van der Waals surface area contributed by atoms with Crippen LogP contribution < -0.4 is 10.2 Å². The lowest BCUT2D eigenvalue weighted by atomic mass is 10.1. The van der Waals surface area contributed by atoms with Gasteiger partial charge in [0, 0.05) is 19.6 Å². The zero-order valence-electron chi connectivity index (χ0n) is 10.9. The van der Waals surface area contributed by atoms with E-state index in [0.29, 0.717) is 30.4 Å². The Hall–Kier alpha value is -1.10. The molecule has 0 spiro atoms. The van der Waals surface area contributed by atoms with E-state index in [4.69, 9.17) is 4.42 Å². The van der Waals surface area contributed by atoms with Gasteiger partial charge in [-0.15, -0.1) is 5.10 Å². The van der Waals surface area contributed by atoms with Gasteiger partial charge in [-0.3, -0.25) is 0 Å². The Kier molecular flexibility index (Phi) is 3.99. The monoisotopic (exact) mass is 238 g/mol. The second-order valence-electron chi connectivity index (χ2n) is 5.24. The maximum Gasteiger partial charge on any atom is 0.317 e. The Morgan fingerprint density at radius 3 is 2.82 bits per heavy atom. The fourth-order valence-electron chi connectivity index (χ4n) is 1.54. The number of hydrogen-bond donors (Lipinski definition) is 1. The Bertz CT molecular complexity index is 346. The van der Waals surface area contributed by atoms with Crippen LogP contribution in [0.4, 0.5) is 6.01 Å². The third-order valence-corrected chi connectivity index (χ3v) is 2.94. The van der Waals surface area contributed by atoms with Crippen molar-refractivity contribution in [2.45, 2.75) is 45.7 Å². The van der Waals surface area contributed by atoms with Crippen LogP contribution in [0.25, 0.3) is 0 Å². The fourth-order valence-corrected chi connectivity index (χ4v) is 1.54. The van der Waals surface area contributed by atoms with E-state index < -0.39 is 0 Å². The van der Waals surface area contributed by atoms with Crippen molar-refractivity contribution in [1.29, 1.82) is 0 Å². The normalized spacial score (nSPS) is 15.5. The molecule has 0 radical (unpaired) electrons. The van der Waals surface area contributed by atoms with Gasteiger partial charge in [0.1, 0.15) is 0 Å². The molecule has 0 bridgehead atoms. The molecule has 1 aliphatic rings. The average Bonchev–Trinajstić information content (AvgIpc) is 3.00. The molecule has 0 unspecified atom stereocenters. The Balaban J connectivity index is 1.78. The highest BCUT2D eigenvalue weighted by Crippen LogP contribution is 2.19. The highest BCUT2D eigenvalue weighted by atomic mass is 16.4. The third-order valence-electron chi connectivity index (χ3n) is 2.94. The number of nitrogens with zero attached hydrogens (tertiary/aromatic N) is 3. The van der Waals surface area contributed by atoms with Gasteiger partial charge >= 0.3 is 6.01 Å². The lowest BCUT2D eigenvalue weighted by Gasteiger charge is -2.14. The van der Waals surface area contributed by atoms with Crippen molar-refractivity contribution in [2.24, 2.45) is 5.92 Å². The topological polar surface area (TPSA) is 54.2 Å². The van der Waals surface area contributed by atoms with E-state index in [-0.39, 0.29) is 0 Å². The molecule has 1 aromatic rings. The third kappa shape index (κ3) is 4.00. The van der Waals surface area contributed by atoms with Crippen LogP contribution in [0.3, 0.4) is 0 Å². The number of aromatic nitrogens is 2. The fraction of sp³-hybridized carbons (Fsp3) is 0.833. The minimum atomic E-state index is 0.623. The summed E-state index contributed by atoms with van der Waals surface area (Å²) >= 11 is 0. The molecule has 1 fully saturated rings. The SMILES string of the molecule is CC(C)CCN(C)c1nnc(CNC2CC2)o1. The van der Waals surface area contributed by atoms with E-state index in [9.17, 15) is 0 Å². The first kappa shape index (κ1) is 12.4. The lowest BCUT2D eigenvalue weighted by molar-refractivity contribution is 0.459. The summed E-state index contributed by atoms with van der Waals surface area (Å²) in [5, 5.41) is 11.5. The molecular weight excluding hydrogens is 216 g/mol. The van der Waals surface area contributed by atoms with Crippen LogP contribution in [-0.4, -0.2) is 29.8 Å². The van der Waals surface area contributed by atoms with Crippen LogP contribution in [0.1, 0.15) is 39.0 Å². The zero-order valence-corrected chi connectivity index (χ0v) is 10.9. The van der Waals surface area contributed by atoms with Crippen LogP contribution >= 0.6 is 0 Å². The standard InChI is InChI=1S/C12H22N4O/c1-9(2)6-7-16(3)12-15-14-11(17-12)8-13-10-4-5-10/h9-10,13H,4-8H2,1-3H3. The summed E-state index contributed by atoms with van der Waals surface area (Å²) in [5.41, 5.74) is 0. The highest BCUT2D eigenvalue weighted by molar-refractivity contribution is 5.21. The summed E-state index contributed by atoms with van der Waals surface area (Å²) in [6, 6.07) is 1.29. The molecule has 0 aliphatic heterocycles. The molecule has 1 aromatic heterocycles. The summed E-state index contributed by atoms with van der Waals surface area (Å²) in [6.45, 7) is 6.07. The first-order valence-corrected chi connectivity index (χ1v) is 6.42. The first-order chi connectivity index (χ1) is 8.15. The molecule has 5 heteroatoms. The van der Waals surface area contributed by atoms with Gasteiger partial charge in [0.25, 0.3) is 0 Å². The molecule has 5 nitrogen and oxygen atoms in total. The molecule has 0 atom stereocenters. The quantitative estimate of drug-likeness (QED) is 0.785. The molecule has 0 aromatic carbocycles. The summed E-state index contributed by atoms with van der Waals surface area (Å²) < 4.78 is 5.60. The number of nitrogens with one attached hydrogen (secondary N) is 1. The van der Waals surface area contributed by atoms with Crippen LogP contribution in [-0.2, 0) is 6.54 Å². The summed E-state index contributed by atoms with van der Waals surface area (Å²) in [5.74, 6) is 1.37. The van der Waals surface area contributed by atoms with Crippen LogP contribution in [0.15, 0.2) is 4.42 Å². The molecule has 1 heterocycles. The van der Waals surface area contributed by atoms with Gasteiger partial charge < -0.3 is 14.6 Å². The summed E-state index contributed by atoms with van der Waals surface area (Å²) in [7, 11) is 1.99. The van der Waals surface area contributed by atoms with Crippen LogP contribution in [0, 0.1) is 5.92 Å². The molecule has 2 rings (SSSR count). The molecular formula is C12H22N4O. The van der Waals surface area contributed by atoms with E-state index in [0.717, 1.165) is 13.0 Å². The molecule has 0 amide bonds. The molecule has 0 saturated heterocycles. The maximum absolute atomic E-state index is 5.60. The number of hydrogen-bond acceptors (Lipinski definition) is 5. The van der Waals surface area contributed by atoms with Crippen molar-refractivity contribution in [3.05, 3.63) is 5.89 Å². The van der Waals surface area contributed by atoms with Crippen LogP contribution in [0.5, 0.6) is 0 Å². The number of rotatable bonds is 7. The van der Waals surface area contributed by atoms with Crippen molar-refractivity contribution >= 4 is 6.01 Å². The van der Waals surface area contributed by atoms with Crippen molar-refractivity contribution in [3.8, 4) is 0 Å². The highest BCUT2D eigenvalue weighted by Gasteiger charge is 2.21. The molecule has 17 heavy (non-hydrogen) atoms. The predicted octanol–water partition coefficient (Wildman–Crippen LogP) is 1.80. The van der Waals surface area contributed by atoms with E-state index in [1.54, 1.807) is 0 Å². The molecule has 1 aliphatic carbocycles. The first-order valence-electron chi connectivity index (χ1n) is 6.42.